The number of ether oxygens (including phenoxy) is 2. The molecule has 140 valence electrons. The van der Waals surface area contributed by atoms with E-state index in [1.54, 1.807) is 0 Å². The lowest BCUT2D eigenvalue weighted by Gasteiger charge is -2.29. The van der Waals surface area contributed by atoms with Gasteiger partial charge in [-0.2, -0.15) is 0 Å². The molecule has 0 heterocycles. The molecule has 0 radical (unpaired) electrons. The van der Waals surface area contributed by atoms with Crippen molar-refractivity contribution in [1.29, 1.82) is 0 Å². The van der Waals surface area contributed by atoms with Crippen LogP contribution in [-0.2, 0) is 9.47 Å². The number of rotatable bonds is 4. The molecule has 2 amide bonds. The van der Waals surface area contributed by atoms with E-state index in [4.69, 9.17) is 9.47 Å². The monoisotopic (exact) mass is 342 g/mol. The summed E-state index contributed by atoms with van der Waals surface area (Å²) in [4.78, 5) is 23.3. The smallest absolute Gasteiger partial charge is 0.407 e. The van der Waals surface area contributed by atoms with E-state index in [0.29, 0.717) is 24.9 Å². The Labute approximate surface area is 146 Å². The topological polar surface area (TPSA) is 76.7 Å². The van der Waals surface area contributed by atoms with E-state index in [9.17, 15) is 9.59 Å². The molecule has 0 aromatic heterocycles. The Bertz CT molecular complexity index is 376. The fraction of sp³-hybridized carbons (Fsp3) is 0.889. The van der Waals surface area contributed by atoms with Crippen molar-refractivity contribution in [2.24, 2.45) is 11.8 Å². The minimum Gasteiger partial charge on any atom is -0.444 e. The van der Waals surface area contributed by atoms with Crippen LogP contribution in [0.25, 0.3) is 0 Å². The SMILES string of the molecule is CC(C)(C)OC(=O)NC[C@H]1CC[C@@H](CNC(=O)OC(C)(C)C)CC1. The van der Waals surface area contributed by atoms with Crippen LogP contribution >= 0.6 is 0 Å². The number of carbonyl (C=O) groups is 2. The molecule has 6 heteroatoms. The Morgan fingerprint density at radius 3 is 1.29 bits per heavy atom. The van der Waals surface area contributed by atoms with Gasteiger partial charge in [0.2, 0.25) is 0 Å². The maximum absolute atomic E-state index is 11.7. The van der Waals surface area contributed by atoms with Crippen LogP contribution in [0.15, 0.2) is 0 Å². The van der Waals surface area contributed by atoms with Gasteiger partial charge in [0, 0.05) is 13.1 Å². The Hall–Kier alpha value is -1.46. The first-order chi connectivity index (χ1) is 10.9. The zero-order valence-electron chi connectivity index (χ0n) is 16.0. The van der Waals surface area contributed by atoms with Crippen molar-refractivity contribution >= 4 is 12.2 Å². The molecule has 0 spiro atoms. The molecular weight excluding hydrogens is 308 g/mol. The number of nitrogens with one attached hydrogen (secondary N) is 2. The van der Waals surface area contributed by atoms with Crippen LogP contribution in [0.4, 0.5) is 9.59 Å². The molecule has 0 aliphatic heterocycles. The fourth-order valence-electron chi connectivity index (χ4n) is 2.72. The van der Waals surface area contributed by atoms with Gasteiger partial charge >= 0.3 is 12.2 Å². The lowest BCUT2D eigenvalue weighted by molar-refractivity contribution is 0.0490. The molecule has 2 N–H and O–H groups in total. The first-order valence-electron chi connectivity index (χ1n) is 8.88. The Morgan fingerprint density at radius 1 is 0.750 bits per heavy atom. The first-order valence-corrected chi connectivity index (χ1v) is 8.88. The highest BCUT2D eigenvalue weighted by Gasteiger charge is 2.24. The van der Waals surface area contributed by atoms with Crippen molar-refractivity contribution in [3.8, 4) is 0 Å². The summed E-state index contributed by atoms with van der Waals surface area (Å²) in [5, 5.41) is 5.70. The van der Waals surface area contributed by atoms with Crippen molar-refractivity contribution < 1.29 is 19.1 Å². The average Bonchev–Trinajstić information content (AvgIpc) is 2.40. The molecule has 1 aliphatic rings. The highest BCUT2D eigenvalue weighted by molar-refractivity contribution is 5.68. The summed E-state index contributed by atoms with van der Waals surface area (Å²) in [6.07, 6.45) is 3.51. The second kappa shape index (κ2) is 8.58. The molecule has 0 saturated heterocycles. The van der Waals surface area contributed by atoms with E-state index in [0.717, 1.165) is 25.7 Å². The number of hydrogen-bond acceptors (Lipinski definition) is 4. The van der Waals surface area contributed by atoms with Gasteiger partial charge in [0.15, 0.2) is 0 Å². The molecule has 0 atom stereocenters. The standard InChI is InChI=1S/C18H34N2O4/c1-17(2,3)23-15(21)19-11-13-7-9-14(10-8-13)12-20-16(22)24-18(4,5)6/h13-14H,7-12H2,1-6H3,(H,19,21)(H,20,22)/t13-,14+. The van der Waals surface area contributed by atoms with E-state index in [1.165, 1.54) is 0 Å². The summed E-state index contributed by atoms with van der Waals surface area (Å²) in [6, 6.07) is 0. The summed E-state index contributed by atoms with van der Waals surface area (Å²) in [5.74, 6) is 0.964. The van der Waals surface area contributed by atoms with E-state index >= 15 is 0 Å². The van der Waals surface area contributed by atoms with Crippen LogP contribution in [0, 0.1) is 11.8 Å². The van der Waals surface area contributed by atoms with Gasteiger partial charge in [-0.15, -0.1) is 0 Å². The summed E-state index contributed by atoms with van der Waals surface area (Å²) in [5.41, 5.74) is -0.926. The van der Waals surface area contributed by atoms with Crippen LogP contribution in [0.1, 0.15) is 67.2 Å². The van der Waals surface area contributed by atoms with Crippen LogP contribution in [-0.4, -0.2) is 36.5 Å². The van der Waals surface area contributed by atoms with Gasteiger partial charge in [0.1, 0.15) is 11.2 Å². The third kappa shape index (κ3) is 9.63. The zero-order valence-corrected chi connectivity index (χ0v) is 16.0. The minimum absolute atomic E-state index is 0.351. The van der Waals surface area contributed by atoms with Gasteiger partial charge in [0.05, 0.1) is 0 Å². The van der Waals surface area contributed by atoms with Crippen LogP contribution in [0.3, 0.4) is 0 Å². The van der Waals surface area contributed by atoms with Gasteiger partial charge in [-0.1, -0.05) is 0 Å². The minimum atomic E-state index is -0.463. The largest absolute Gasteiger partial charge is 0.444 e. The van der Waals surface area contributed by atoms with E-state index in [1.807, 2.05) is 41.5 Å². The van der Waals surface area contributed by atoms with Crippen LogP contribution in [0.2, 0.25) is 0 Å². The third-order valence-electron chi connectivity index (χ3n) is 3.83. The molecule has 1 fully saturated rings. The van der Waals surface area contributed by atoms with Crippen LogP contribution < -0.4 is 10.6 Å². The van der Waals surface area contributed by atoms with Crippen LogP contribution in [0.5, 0.6) is 0 Å². The first kappa shape index (κ1) is 20.6. The molecule has 0 aromatic carbocycles. The predicted molar refractivity (Wildman–Crippen MR) is 93.9 cm³/mol. The molecule has 1 aliphatic carbocycles. The second-order valence-corrected chi connectivity index (χ2v) is 8.65. The molecule has 6 nitrogen and oxygen atoms in total. The van der Waals surface area contributed by atoms with Crippen molar-refractivity contribution in [2.45, 2.75) is 78.4 Å². The van der Waals surface area contributed by atoms with Crippen molar-refractivity contribution in [1.82, 2.24) is 10.6 Å². The summed E-state index contributed by atoms with van der Waals surface area (Å²) in [6.45, 7) is 12.4. The molecule has 0 aromatic rings. The summed E-state index contributed by atoms with van der Waals surface area (Å²) in [7, 11) is 0. The lowest BCUT2D eigenvalue weighted by Crippen LogP contribution is -2.38. The maximum atomic E-state index is 11.7. The molecule has 24 heavy (non-hydrogen) atoms. The number of alkyl carbamates (subject to hydrolysis) is 2. The highest BCUT2D eigenvalue weighted by Crippen LogP contribution is 2.28. The molecule has 0 unspecified atom stereocenters. The second-order valence-electron chi connectivity index (χ2n) is 8.65. The third-order valence-corrected chi connectivity index (χ3v) is 3.83. The zero-order chi connectivity index (χ0) is 18.4. The fourth-order valence-corrected chi connectivity index (χ4v) is 2.72. The van der Waals surface area contributed by atoms with Gasteiger partial charge < -0.3 is 20.1 Å². The average molecular weight is 342 g/mol. The predicted octanol–water partition coefficient (Wildman–Crippen LogP) is 3.84. The molecule has 1 saturated carbocycles. The Morgan fingerprint density at radius 2 is 1.04 bits per heavy atom. The van der Waals surface area contributed by atoms with Crippen molar-refractivity contribution in [3.05, 3.63) is 0 Å². The molecule has 1 rings (SSSR count). The molecular formula is C18H34N2O4. The Balaban J connectivity index is 2.18. The number of hydrogen-bond donors (Lipinski definition) is 2. The van der Waals surface area contributed by atoms with E-state index < -0.39 is 11.2 Å². The highest BCUT2D eigenvalue weighted by atomic mass is 16.6. The van der Waals surface area contributed by atoms with Gasteiger partial charge in [-0.3, -0.25) is 0 Å². The Kier molecular flexibility index (Phi) is 7.36. The maximum Gasteiger partial charge on any atom is 0.407 e. The van der Waals surface area contributed by atoms with Crippen molar-refractivity contribution in [2.75, 3.05) is 13.1 Å². The van der Waals surface area contributed by atoms with E-state index in [2.05, 4.69) is 10.6 Å². The molecule has 0 bridgehead atoms. The number of carbonyl (C=O) groups excluding carboxylic acids is 2. The van der Waals surface area contributed by atoms with Gasteiger partial charge in [-0.05, 0) is 79.1 Å². The summed E-state index contributed by atoms with van der Waals surface area (Å²) < 4.78 is 10.5. The summed E-state index contributed by atoms with van der Waals surface area (Å²) >= 11 is 0. The van der Waals surface area contributed by atoms with E-state index in [-0.39, 0.29) is 12.2 Å². The van der Waals surface area contributed by atoms with Gasteiger partial charge in [0.25, 0.3) is 0 Å². The van der Waals surface area contributed by atoms with Crippen molar-refractivity contribution in [3.63, 3.8) is 0 Å². The lowest BCUT2D eigenvalue weighted by atomic mass is 9.82. The quantitative estimate of drug-likeness (QED) is 0.814. The number of amides is 2. The van der Waals surface area contributed by atoms with Gasteiger partial charge in [-0.25, -0.2) is 9.59 Å². The normalized spacial score (nSPS) is 21.8.